The first-order chi connectivity index (χ1) is 7.59. The van der Waals surface area contributed by atoms with Gasteiger partial charge in [-0.2, -0.15) is 0 Å². The molecular formula is C13H26N2S. The van der Waals surface area contributed by atoms with Gasteiger partial charge < -0.3 is 5.32 Å². The Morgan fingerprint density at radius 3 is 2.62 bits per heavy atom. The lowest BCUT2D eigenvalue weighted by Gasteiger charge is -2.13. The second-order valence-corrected chi connectivity index (χ2v) is 6.39. The van der Waals surface area contributed by atoms with E-state index < -0.39 is 0 Å². The Morgan fingerprint density at radius 2 is 2.06 bits per heavy atom. The average Bonchev–Trinajstić information content (AvgIpc) is 2.65. The van der Waals surface area contributed by atoms with Crippen molar-refractivity contribution in [3.63, 3.8) is 0 Å². The highest BCUT2D eigenvalue weighted by Gasteiger charge is 2.22. The van der Waals surface area contributed by atoms with Crippen LogP contribution in [0, 0.1) is 11.8 Å². The minimum atomic E-state index is 0.624. The number of nitrogens with zero attached hydrogens (tertiary/aromatic N) is 1. The molecule has 0 aromatic heterocycles. The average molecular weight is 242 g/mol. The molecule has 0 bridgehead atoms. The summed E-state index contributed by atoms with van der Waals surface area (Å²) in [5.41, 5.74) is 0. The summed E-state index contributed by atoms with van der Waals surface area (Å²) in [6, 6.07) is 0.624. The maximum Gasteiger partial charge on any atom is 0.156 e. The maximum atomic E-state index is 4.62. The molecule has 3 heteroatoms. The van der Waals surface area contributed by atoms with Gasteiger partial charge in [0, 0.05) is 18.3 Å². The molecule has 1 aliphatic heterocycles. The molecule has 0 aromatic rings. The fourth-order valence-electron chi connectivity index (χ4n) is 1.71. The number of thioether (sulfide) groups is 1. The number of amidine groups is 1. The van der Waals surface area contributed by atoms with E-state index in [1.165, 1.54) is 30.2 Å². The van der Waals surface area contributed by atoms with Gasteiger partial charge in [-0.05, 0) is 18.3 Å². The highest BCUT2D eigenvalue weighted by molar-refractivity contribution is 8.14. The molecule has 1 atom stereocenters. The zero-order chi connectivity index (χ0) is 12.0. The smallest absolute Gasteiger partial charge is 0.156 e. The first-order valence-corrected chi connectivity index (χ1v) is 7.52. The van der Waals surface area contributed by atoms with Crippen LogP contribution in [0.5, 0.6) is 0 Å². The zero-order valence-electron chi connectivity index (χ0n) is 11.1. The summed E-state index contributed by atoms with van der Waals surface area (Å²) in [5, 5.41) is 4.67. The van der Waals surface area contributed by atoms with Crippen molar-refractivity contribution in [1.29, 1.82) is 0 Å². The molecule has 1 rings (SSSR count). The number of rotatable bonds is 6. The molecule has 1 heterocycles. The van der Waals surface area contributed by atoms with Crippen molar-refractivity contribution in [2.24, 2.45) is 16.8 Å². The van der Waals surface area contributed by atoms with Crippen LogP contribution in [-0.4, -0.2) is 23.5 Å². The maximum absolute atomic E-state index is 4.62. The molecule has 0 aliphatic carbocycles. The van der Waals surface area contributed by atoms with Gasteiger partial charge in [-0.25, -0.2) is 0 Å². The molecule has 1 aliphatic rings. The molecule has 1 N–H and O–H groups in total. The Kier molecular flexibility index (Phi) is 6.25. The molecule has 16 heavy (non-hydrogen) atoms. The molecular weight excluding hydrogens is 216 g/mol. The van der Waals surface area contributed by atoms with Crippen molar-refractivity contribution in [3.8, 4) is 0 Å². The molecule has 0 saturated carbocycles. The van der Waals surface area contributed by atoms with Crippen molar-refractivity contribution in [3.05, 3.63) is 0 Å². The zero-order valence-corrected chi connectivity index (χ0v) is 11.9. The van der Waals surface area contributed by atoms with Gasteiger partial charge in [0.15, 0.2) is 5.17 Å². The summed E-state index contributed by atoms with van der Waals surface area (Å²) in [4.78, 5) is 4.62. The molecule has 94 valence electrons. The van der Waals surface area contributed by atoms with E-state index in [1.54, 1.807) is 0 Å². The van der Waals surface area contributed by atoms with Crippen molar-refractivity contribution in [1.82, 2.24) is 5.32 Å². The largest absolute Gasteiger partial charge is 0.361 e. The van der Waals surface area contributed by atoms with Crippen LogP contribution in [0.4, 0.5) is 0 Å². The lowest BCUT2D eigenvalue weighted by molar-refractivity contribution is 0.502. The summed E-state index contributed by atoms with van der Waals surface area (Å²) in [6.07, 6.45) is 3.88. The first kappa shape index (κ1) is 13.9. The van der Waals surface area contributed by atoms with Crippen molar-refractivity contribution < 1.29 is 0 Å². The van der Waals surface area contributed by atoms with Crippen LogP contribution in [0.15, 0.2) is 4.99 Å². The molecule has 0 spiro atoms. The molecule has 1 saturated heterocycles. The fourth-order valence-corrected chi connectivity index (χ4v) is 2.93. The predicted molar refractivity (Wildman–Crippen MR) is 75.2 cm³/mol. The number of hydrogen-bond acceptors (Lipinski definition) is 2. The third kappa shape index (κ3) is 5.24. The lowest BCUT2D eigenvalue weighted by atomic mass is 10.1. The second-order valence-electron chi connectivity index (χ2n) is 5.38. The normalized spacial score (nSPS) is 23.4. The van der Waals surface area contributed by atoms with Crippen LogP contribution in [0.2, 0.25) is 0 Å². The SMILES string of the molecule is CC(C)CCCCN=C1NC(C(C)C)CS1. The number of aliphatic imine (C=N–C) groups is 1. The number of hydrogen-bond donors (Lipinski definition) is 1. The lowest BCUT2D eigenvalue weighted by Crippen LogP contribution is -2.31. The van der Waals surface area contributed by atoms with Crippen molar-refractivity contribution in [2.45, 2.75) is 53.0 Å². The molecule has 0 amide bonds. The highest BCUT2D eigenvalue weighted by atomic mass is 32.2. The third-order valence-electron chi connectivity index (χ3n) is 2.96. The third-order valence-corrected chi connectivity index (χ3v) is 4.00. The summed E-state index contributed by atoms with van der Waals surface area (Å²) >= 11 is 1.88. The van der Waals surface area contributed by atoms with Gasteiger partial charge in [0.1, 0.15) is 0 Å². The predicted octanol–water partition coefficient (Wildman–Crippen LogP) is 3.53. The number of unbranched alkanes of at least 4 members (excludes halogenated alkanes) is 1. The van der Waals surface area contributed by atoms with Gasteiger partial charge in [-0.15, -0.1) is 0 Å². The van der Waals surface area contributed by atoms with E-state index in [9.17, 15) is 0 Å². The van der Waals surface area contributed by atoms with Crippen LogP contribution in [0.1, 0.15) is 47.0 Å². The molecule has 0 aromatic carbocycles. The minimum absolute atomic E-state index is 0.624. The second kappa shape index (κ2) is 7.21. The topological polar surface area (TPSA) is 24.4 Å². The Balaban J connectivity index is 2.12. The van der Waals surface area contributed by atoms with Crippen LogP contribution >= 0.6 is 11.8 Å². The monoisotopic (exact) mass is 242 g/mol. The Hall–Kier alpha value is -0.180. The highest BCUT2D eigenvalue weighted by Crippen LogP contribution is 2.19. The van der Waals surface area contributed by atoms with E-state index in [-0.39, 0.29) is 0 Å². The Morgan fingerprint density at radius 1 is 1.31 bits per heavy atom. The van der Waals surface area contributed by atoms with E-state index in [1.807, 2.05) is 11.8 Å². The van der Waals surface area contributed by atoms with Crippen molar-refractivity contribution in [2.75, 3.05) is 12.3 Å². The Bertz CT molecular complexity index is 224. The molecule has 0 radical (unpaired) electrons. The number of nitrogens with one attached hydrogen (secondary N) is 1. The van der Waals surface area contributed by atoms with Crippen LogP contribution in [0.25, 0.3) is 0 Å². The summed E-state index contributed by atoms with van der Waals surface area (Å²) < 4.78 is 0. The van der Waals surface area contributed by atoms with Crippen LogP contribution in [0.3, 0.4) is 0 Å². The van der Waals surface area contributed by atoms with E-state index in [4.69, 9.17) is 0 Å². The van der Waals surface area contributed by atoms with Gasteiger partial charge in [0.25, 0.3) is 0 Å². The standard InChI is InChI=1S/C13H26N2S/c1-10(2)7-5-6-8-14-13-15-12(9-16-13)11(3)4/h10-12H,5-9H2,1-4H3,(H,14,15). The van der Waals surface area contributed by atoms with E-state index in [0.29, 0.717) is 12.0 Å². The van der Waals surface area contributed by atoms with Gasteiger partial charge in [-0.3, -0.25) is 4.99 Å². The molecule has 2 nitrogen and oxygen atoms in total. The summed E-state index contributed by atoms with van der Waals surface area (Å²) in [6.45, 7) is 10.1. The minimum Gasteiger partial charge on any atom is -0.361 e. The van der Waals surface area contributed by atoms with Crippen molar-refractivity contribution >= 4 is 16.9 Å². The quantitative estimate of drug-likeness (QED) is 0.721. The van der Waals surface area contributed by atoms with Gasteiger partial charge >= 0.3 is 0 Å². The Labute approximate surface area is 105 Å². The van der Waals surface area contributed by atoms with Crippen LogP contribution < -0.4 is 5.32 Å². The van der Waals surface area contributed by atoms with Gasteiger partial charge in [0.2, 0.25) is 0 Å². The van der Waals surface area contributed by atoms with Gasteiger partial charge in [-0.1, -0.05) is 52.3 Å². The van der Waals surface area contributed by atoms with E-state index in [2.05, 4.69) is 38.0 Å². The summed E-state index contributed by atoms with van der Waals surface area (Å²) in [7, 11) is 0. The van der Waals surface area contributed by atoms with E-state index in [0.717, 1.165) is 12.5 Å². The first-order valence-electron chi connectivity index (χ1n) is 6.53. The summed E-state index contributed by atoms with van der Waals surface area (Å²) in [5.74, 6) is 2.72. The molecule has 1 fully saturated rings. The van der Waals surface area contributed by atoms with Gasteiger partial charge in [0.05, 0.1) is 0 Å². The van der Waals surface area contributed by atoms with Crippen LogP contribution in [-0.2, 0) is 0 Å². The fraction of sp³-hybridized carbons (Fsp3) is 0.923. The van der Waals surface area contributed by atoms with E-state index >= 15 is 0 Å². The molecule has 1 unspecified atom stereocenters.